The van der Waals surface area contributed by atoms with Crippen molar-refractivity contribution in [2.24, 2.45) is 0 Å². The van der Waals surface area contributed by atoms with E-state index in [2.05, 4.69) is 45.0 Å². The van der Waals surface area contributed by atoms with Gasteiger partial charge in [-0.1, -0.05) is 81.4 Å². The Morgan fingerprint density at radius 1 is 0.865 bits per heavy atom. The Hall–Kier alpha value is -2.52. The lowest BCUT2D eigenvalue weighted by Crippen LogP contribution is -2.66. The number of esters is 1. The molecule has 37 heavy (non-hydrogen) atoms. The van der Waals surface area contributed by atoms with Crippen LogP contribution in [-0.2, 0) is 23.6 Å². The van der Waals surface area contributed by atoms with Crippen molar-refractivity contribution in [2.45, 2.75) is 64.6 Å². The van der Waals surface area contributed by atoms with Crippen molar-refractivity contribution in [3.05, 3.63) is 60.7 Å². The molecule has 0 bridgehead atoms. The van der Waals surface area contributed by atoms with Crippen LogP contribution in [0.3, 0.4) is 0 Å². The fourth-order valence-electron chi connectivity index (χ4n) is 4.61. The molecule has 0 aromatic heterocycles. The molecule has 1 atom stereocenters. The lowest BCUT2D eigenvalue weighted by atomic mass is 10.1. The number of carbonyl (C=O) groups is 2. The third-order valence-electron chi connectivity index (χ3n) is 6.33. The predicted octanol–water partition coefficient (Wildman–Crippen LogP) is 3.62. The summed E-state index contributed by atoms with van der Waals surface area (Å²) < 4.78 is 12.5. The number of amides is 1. The Morgan fingerprint density at radius 2 is 1.35 bits per heavy atom. The van der Waals surface area contributed by atoms with Gasteiger partial charge < -0.3 is 9.16 Å². The van der Waals surface area contributed by atoms with Crippen molar-refractivity contribution in [1.29, 1.82) is 0 Å². The van der Waals surface area contributed by atoms with Crippen molar-refractivity contribution in [3.8, 4) is 0 Å². The van der Waals surface area contributed by atoms with Gasteiger partial charge in [0.15, 0.2) is 0 Å². The number of likely N-dealkylation sites (N-methyl/N-ethyl adjacent to an activating group) is 2. The molecule has 0 radical (unpaired) electrons. The molecule has 1 amide bonds. The highest BCUT2D eigenvalue weighted by atomic mass is 28.4. The van der Waals surface area contributed by atoms with Crippen molar-refractivity contribution in [1.82, 2.24) is 9.96 Å². The number of ether oxygens (including phenoxy) is 1. The Balaban J connectivity index is 2.38. The highest BCUT2D eigenvalue weighted by Crippen LogP contribution is 2.37. The third kappa shape index (κ3) is 7.98. The maximum atomic E-state index is 13.2. The maximum Gasteiger partial charge on any atom is 0.320 e. The number of hydroxylamine groups is 2. The second kappa shape index (κ2) is 12.8. The quantitative estimate of drug-likeness (QED) is 0.252. The fraction of sp³-hybridized carbons (Fsp3) is 0.517. The first-order valence-corrected chi connectivity index (χ1v) is 14.6. The van der Waals surface area contributed by atoms with Gasteiger partial charge in [-0.05, 0) is 49.7 Å². The van der Waals surface area contributed by atoms with E-state index >= 15 is 0 Å². The highest BCUT2D eigenvalue weighted by molar-refractivity contribution is 6.99. The Bertz CT molecular complexity index is 963. The molecule has 0 N–H and O–H groups in total. The van der Waals surface area contributed by atoms with Crippen molar-refractivity contribution < 1.29 is 23.6 Å². The van der Waals surface area contributed by atoms with Crippen LogP contribution in [0.1, 0.15) is 48.0 Å². The monoisotopic (exact) mass is 528 g/mol. The van der Waals surface area contributed by atoms with E-state index in [0.717, 1.165) is 0 Å². The first kappa shape index (κ1) is 30.7. The fourth-order valence-corrected chi connectivity index (χ4v) is 9.18. The van der Waals surface area contributed by atoms with Crippen LogP contribution in [-0.4, -0.2) is 76.2 Å². The number of hydrogen-bond donors (Lipinski definition) is 0. The normalized spacial score (nSPS) is 13.4. The second-order valence-corrected chi connectivity index (χ2v) is 15.6. The summed E-state index contributed by atoms with van der Waals surface area (Å²) in [4.78, 5) is 32.7. The average Bonchev–Trinajstić information content (AvgIpc) is 2.82. The molecule has 2 rings (SSSR count). The van der Waals surface area contributed by atoms with Gasteiger partial charge in [0, 0.05) is 13.7 Å². The molecule has 2 aromatic carbocycles. The lowest BCUT2D eigenvalue weighted by molar-refractivity contribution is -0.175. The van der Waals surface area contributed by atoms with Gasteiger partial charge in [-0.25, -0.2) is 5.06 Å². The molecule has 2 aromatic rings. The van der Waals surface area contributed by atoms with E-state index < -0.39 is 20.0 Å². The molecular formula is C29H44N2O5Si. The molecule has 0 heterocycles. The number of nitrogens with zero attached hydrogens (tertiary/aromatic N) is 2. The summed E-state index contributed by atoms with van der Waals surface area (Å²) in [5.41, 5.74) is -0.604. The molecule has 1 unspecified atom stereocenters. The van der Waals surface area contributed by atoms with E-state index in [1.54, 1.807) is 19.0 Å². The number of benzene rings is 2. The Morgan fingerprint density at radius 3 is 1.76 bits per heavy atom. The second-order valence-electron chi connectivity index (χ2n) is 11.3. The molecule has 204 valence electrons. The maximum absolute atomic E-state index is 13.2. The summed E-state index contributed by atoms with van der Waals surface area (Å²) >= 11 is 0. The molecule has 7 nitrogen and oxygen atoms in total. The Labute approximate surface area is 223 Å². The number of carbonyl (C=O) groups excluding carboxylic acids is 2. The summed E-state index contributed by atoms with van der Waals surface area (Å²) in [7, 11) is 2.01. The SMILES string of the molecule is CON(C)C(=O)C(CCO[Si](c1ccccc1)(c1ccccc1)C(C)(C)C)N(C)CC(=O)OC(C)(C)C. The van der Waals surface area contributed by atoms with Gasteiger partial charge in [-0.15, -0.1) is 0 Å². The van der Waals surface area contributed by atoms with Crippen LogP contribution < -0.4 is 10.4 Å². The first-order chi connectivity index (χ1) is 17.2. The molecule has 0 saturated carbocycles. The minimum absolute atomic E-state index is 0.0234. The molecule has 0 fully saturated rings. The molecule has 8 heteroatoms. The van der Waals surface area contributed by atoms with Crippen LogP contribution >= 0.6 is 0 Å². The van der Waals surface area contributed by atoms with Crippen LogP contribution in [0.15, 0.2) is 60.7 Å². The summed E-state index contributed by atoms with van der Waals surface area (Å²) in [5, 5.41) is 3.36. The van der Waals surface area contributed by atoms with Gasteiger partial charge in [0.1, 0.15) is 5.60 Å². The predicted molar refractivity (Wildman–Crippen MR) is 150 cm³/mol. The van der Waals surface area contributed by atoms with E-state index in [-0.39, 0.29) is 23.5 Å². The zero-order chi connectivity index (χ0) is 27.9. The summed E-state index contributed by atoms with van der Waals surface area (Å²) in [5.74, 6) is -0.639. The van der Waals surface area contributed by atoms with E-state index in [4.69, 9.17) is 14.0 Å². The standard InChI is InChI=1S/C29H44N2O5Si/c1-28(2,3)36-26(32)22-30(7)25(27(33)31(8)34-9)20-21-35-37(29(4,5)6,23-16-12-10-13-17-23)24-18-14-11-15-19-24/h10-19,25H,20-22H2,1-9H3. The van der Waals surface area contributed by atoms with Crippen LogP contribution in [0.25, 0.3) is 0 Å². The van der Waals surface area contributed by atoms with E-state index in [1.807, 2.05) is 57.2 Å². The largest absolute Gasteiger partial charge is 0.459 e. The van der Waals surface area contributed by atoms with Crippen molar-refractivity contribution >= 4 is 30.6 Å². The molecular weight excluding hydrogens is 484 g/mol. The number of hydrogen-bond acceptors (Lipinski definition) is 6. The minimum Gasteiger partial charge on any atom is -0.459 e. The third-order valence-corrected chi connectivity index (χ3v) is 11.4. The molecule has 0 aliphatic carbocycles. The minimum atomic E-state index is -2.75. The molecule has 0 spiro atoms. The van der Waals surface area contributed by atoms with Crippen LogP contribution in [0, 0.1) is 0 Å². The molecule has 0 aliphatic heterocycles. The first-order valence-electron chi connectivity index (χ1n) is 12.7. The van der Waals surface area contributed by atoms with E-state index in [9.17, 15) is 9.59 Å². The van der Waals surface area contributed by atoms with Gasteiger partial charge in [-0.3, -0.25) is 19.3 Å². The van der Waals surface area contributed by atoms with Gasteiger partial charge in [-0.2, -0.15) is 0 Å². The van der Waals surface area contributed by atoms with Crippen LogP contribution in [0.5, 0.6) is 0 Å². The lowest BCUT2D eigenvalue weighted by Gasteiger charge is -2.43. The van der Waals surface area contributed by atoms with Gasteiger partial charge in [0.05, 0.1) is 19.7 Å². The van der Waals surface area contributed by atoms with E-state index in [1.165, 1.54) is 22.5 Å². The average molecular weight is 529 g/mol. The number of rotatable bonds is 11. The smallest absolute Gasteiger partial charge is 0.320 e. The van der Waals surface area contributed by atoms with Gasteiger partial charge >= 0.3 is 5.97 Å². The van der Waals surface area contributed by atoms with Crippen LogP contribution in [0.2, 0.25) is 5.04 Å². The zero-order valence-corrected chi connectivity index (χ0v) is 24.9. The molecule has 0 aliphatic rings. The van der Waals surface area contributed by atoms with Gasteiger partial charge in [0.2, 0.25) is 0 Å². The summed E-state index contributed by atoms with van der Waals surface area (Å²) in [6.45, 7) is 12.4. The summed E-state index contributed by atoms with van der Waals surface area (Å²) in [6, 6.07) is 20.1. The zero-order valence-electron chi connectivity index (χ0n) is 23.9. The Kier molecular flexibility index (Phi) is 10.6. The van der Waals surface area contributed by atoms with E-state index in [0.29, 0.717) is 13.0 Å². The van der Waals surface area contributed by atoms with Gasteiger partial charge in [0.25, 0.3) is 14.2 Å². The summed E-state index contributed by atoms with van der Waals surface area (Å²) in [6.07, 6.45) is 0.385. The highest BCUT2D eigenvalue weighted by Gasteiger charge is 2.50. The molecule has 0 saturated heterocycles. The van der Waals surface area contributed by atoms with Crippen molar-refractivity contribution in [2.75, 3.05) is 34.4 Å². The topological polar surface area (TPSA) is 68.3 Å². The van der Waals surface area contributed by atoms with Crippen LogP contribution in [0.4, 0.5) is 0 Å². The van der Waals surface area contributed by atoms with Crippen molar-refractivity contribution in [3.63, 3.8) is 0 Å².